The Hall–Kier alpha value is -1.74. The molecule has 0 saturated heterocycles. The average molecular weight is 256 g/mol. The normalized spacial score (nSPS) is 11.8. The molecule has 0 spiro atoms. The minimum Gasteiger partial charge on any atom is -0.387 e. The van der Waals surface area contributed by atoms with Crippen molar-refractivity contribution in [3.8, 4) is 0 Å². The largest absolute Gasteiger partial charge is 0.387 e. The van der Waals surface area contributed by atoms with Crippen LogP contribution < -0.4 is 5.73 Å². The van der Waals surface area contributed by atoms with Gasteiger partial charge in [0.15, 0.2) is 0 Å². The smallest absolute Gasteiger partial charge is 0.108 e. The van der Waals surface area contributed by atoms with E-state index in [1.54, 1.807) is 0 Å². The van der Waals surface area contributed by atoms with Crippen LogP contribution >= 0.6 is 12.8 Å². The minimum absolute atomic E-state index is 0.225. The highest BCUT2D eigenvalue weighted by Crippen LogP contribution is 2.27. The van der Waals surface area contributed by atoms with Crippen LogP contribution in [0.1, 0.15) is 23.5 Å². The highest BCUT2D eigenvalue weighted by Gasteiger charge is 2.15. The molecule has 0 radical (unpaired) electrons. The molecule has 2 N–H and O–H groups in total. The summed E-state index contributed by atoms with van der Waals surface area (Å²) in [4.78, 5) is 0. The second-order valence-electron chi connectivity index (χ2n) is 4.17. The van der Waals surface area contributed by atoms with E-state index in [4.69, 9.17) is 5.73 Å². The molecule has 0 saturated carbocycles. The Morgan fingerprint density at radius 2 is 1.39 bits per heavy atom. The lowest BCUT2D eigenvalue weighted by Gasteiger charge is -2.17. The lowest BCUT2D eigenvalue weighted by Crippen LogP contribution is -2.16. The number of nitrogens with zero attached hydrogens (tertiary/aromatic N) is 1. The summed E-state index contributed by atoms with van der Waals surface area (Å²) in [5.74, 6) is 0.777. The average Bonchev–Trinajstić information content (AvgIpc) is 2.46. The van der Waals surface area contributed by atoms with Gasteiger partial charge < -0.3 is 5.73 Å². The van der Waals surface area contributed by atoms with Crippen LogP contribution in [0.15, 0.2) is 65.1 Å². The summed E-state index contributed by atoms with van der Waals surface area (Å²) in [6.45, 7) is 0. The topological polar surface area (TPSA) is 38.4 Å². The second kappa shape index (κ2) is 6.26. The van der Waals surface area contributed by atoms with Crippen molar-refractivity contribution in [1.82, 2.24) is 0 Å². The van der Waals surface area contributed by atoms with Crippen LogP contribution in [0, 0.1) is 0 Å². The maximum absolute atomic E-state index is 5.82. The molecule has 0 aliphatic rings. The van der Waals surface area contributed by atoms with Gasteiger partial charge in [-0.3, -0.25) is 0 Å². The van der Waals surface area contributed by atoms with Crippen LogP contribution in [-0.2, 0) is 0 Å². The molecule has 2 nitrogen and oxygen atoms in total. The van der Waals surface area contributed by atoms with Crippen molar-refractivity contribution < 1.29 is 0 Å². The summed E-state index contributed by atoms with van der Waals surface area (Å²) in [6.07, 6.45) is 0.678. The highest BCUT2D eigenvalue weighted by molar-refractivity contribution is 7.79. The summed E-state index contributed by atoms with van der Waals surface area (Å²) in [7, 11) is 0. The van der Waals surface area contributed by atoms with E-state index in [0.29, 0.717) is 12.3 Å². The molecule has 0 aromatic heterocycles. The molecular formula is C15H16N2S. The molecule has 0 aliphatic carbocycles. The van der Waals surface area contributed by atoms with Crippen LogP contribution in [0.25, 0.3) is 0 Å². The number of rotatable bonds is 4. The van der Waals surface area contributed by atoms with Crippen LogP contribution in [0.3, 0.4) is 0 Å². The number of thiol groups is 1. The summed E-state index contributed by atoms with van der Waals surface area (Å²) in [6, 6.07) is 20.7. The molecule has 0 fully saturated rings. The number of hydrogen-bond acceptors (Lipinski definition) is 2. The first-order valence-corrected chi connectivity index (χ1v) is 6.27. The first-order chi connectivity index (χ1) is 8.81. The predicted molar refractivity (Wildman–Crippen MR) is 80.0 cm³/mol. The second-order valence-corrected chi connectivity index (χ2v) is 4.37. The number of amidine groups is 1. The third kappa shape index (κ3) is 3.14. The maximum Gasteiger partial charge on any atom is 0.108 e. The molecular weight excluding hydrogens is 240 g/mol. The summed E-state index contributed by atoms with van der Waals surface area (Å²) in [5.41, 5.74) is 8.30. The fraction of sp³-hybridized carbons (Fsp3) is 0.133. The van der Waals surface area contributed by atoms with Crippen molar-refractivity contribution in [3.05, 3.63) is 71.8 Å². The van der Waals surface area contributed by atoms with E-state index in [0.717, 1.165) is 0 Å². The Kier molecular flexibility index (Phi) is 4.42. The van der Waals surface area contributed by atoms with Crippen LogP contribution in [0.4, 0.5) is 0 Å². The third-order valence-electron chi connectivity index (χ3n) is 2.95. The molecule has 0 atom stereocenters. The van der Waals surface area contributed by atoms with Gasteiger partial charge in [-0.15, -0.1) is 0 Å². The van der Waals surface area contributed by atoms with Crippen molar-refractivity contribution in [3.63, 3.8) is 0 Å². The Bertz CT molecular complexity index is 469. The van der Waals surface area contributed by atoms with Crippen molar-refractivity contribution in [1.29, 1.82) is 0 Å². The van der Waals surface area contributed by atoms with E-state index in [2.05, 4.69) is 41.5 Å². The zero-order valence-corrected chi connectivity index (χ0v) is 10.9. The van der Waals surface area contributed by atoms with E-state index in [-0.39, 0.29) is 5.92 Å². The molecule has 92 valence electrons. The quantitative estimate of drug-likeness (QED) is 0.491. The Labute approximate surface area is 113 Å². The Morgan fingerprint density at radius 1 is 0.944 bits per heavy atom. The maximum atomic E-state index is 5.82. The van der Waals surface area contributed by atoms with Crippen molar-refractivity contribution >= 4 is 18.7 Å². The lowest BCUT2D eigenvalue weighted by atomic mass is 9.88. The van der Waals surface area contributed by atoms with Crippen molar-refractivity contribution in [2.24, 2.45) is 10.1 Å². The summed E-state index contributed by atoms with van der Waals surface area (Å²) in [5, 5.41) is 0. The molecule has 3 heteroatoms. The molecule has 0 aliphatic heterocycles. The van der Waals surface area contributed by atoms with Crippen LogP contribution in [-0.4, -0.2) is 5.84 Å². The molecule has 2 aromatic carbocycles. The van der Waals surface area contributed by atoms with E-state index in [1.165, 1.54) is 11.1 Å². The SMILES string of the molecule is NC(CC(c1ccccc1)c1ccccc1)=NS. The Balaban J connectivity index is 2.35. The monoisotopic (exact) mass is 256 g/mol. The van der Waals surface area contributed by atoms with Crippen molar-refractivity contribution in [2.75, 3.05) is 0 Å². The van der Waals surface area contributed by atoms with Crippen molar-refractivity contribution in [2.45, 2.75) is 12.3 Å². The van der Waals surface area contributed by atoms with Gasteiger partial charge in [0, 0.05) is 12.3 Å². The summed E-state index contributed by atoms with van der Waals surface area (Å²) >= 11 is 3.88. The Morgan fingerprint density at radius 3 is 1.78 bits per heavy atom. The fourth-order valence-electron chi connectivity index (χ4n) is 2.05. The van der Waals surface area contributed by atoms with Gasteiger partial charge in [-0.25, -0.2) is 4.40 Å². The van der Waals surface area contributed by atoms with Gasteiger partial charge in [-0.1, -0.05) is 60.7 Å². The van der Waals surface area contributed by atoms with Gasteiger partial charge in [0.25, 0.3) is 0 Å². The molecule has 0 heterocycles. The summed E-state index contributed by atoms with van der Waals surface area (Å²) < 4.78 is 3.77. The standard InChI is InChI=1S/C15H16N2S/c16-15(17-18)11-14(12-7-3-1-4-8-12)13-9-5-2-6-10-13/h1-10,14,18H,11H2,(H2,16,17). The zero-order valence-electron chi connectivity index (χ0n) is 10.0. The third-order valence-corrected chi connectivity index (χ3v) is 3.20. The molecule has 0 bridgehead atoms. The van der Waals surface area contributed by atoms with Crippen LogP contribution in [0.2, 0.25) is 0 Å². The van der Waals surface area contributed by atoms with Gasteiger partial charge in [0.2, 0.25) is 0 Å². The molecule has 0 amide bonds. The molecule has 2 rings (SSSR count). The molecule has 0 unspecified atom stereocenters. The van der Waals surface area contributed by atoms with Crippen LogP contribution in [0.5, 0.6) is 0 Å². The molecule has 2 aromatic rings. The zero-order chi connectivity index (χ0) is 12.8. The van der Waals surface area contributed by atoms with Gasteiger partial charge in [-0.05, 0) is 23.9 Å². The molecule has 18 heavy (non-hydrogen) atoms. The number of hydrogen-bond donors (Lipinski definition) is 2. The lowest BCUT2D eigenvalue weighted by molar-refractivity contribution is 0.851. The van der Waals surface area contributed by atoms with Gasteiger partial charge in [0.05, 0.1) is 0 Å². The predicted octanol–water partition coefficient (Wildman–Crippen LogP) is 3.41. The van der Waals surface area contributed by atoms with Gasteiger partial charge >= 0.3 is 0 Å². The number of nitrogens with two attached hydrogens (primary N) is 1. The van der Waals surface area contributed by atoms with Gasteiger partial charge in [0.1, 0.15) is 5.84 Å². The van der Waals surface area contributed by atoms with E-state index in [9.17, 15) is 0 Å². The van der Waals surface area contributed by atoms with Gasteiger partial charge in [-0.2, -0.15) is 0 Å². The highest BCUT2D eigenvalue weighted by atomic mass is 32.1. The van der Waals surface area contributed by atoms with E-state index < -0.39 is 0 Å². The van der Waals surface area contributed by atoms with E-state index >= 15 is 0 Å². The number of benzene rings is 2. The first kappa shape index (κ1) is 12.7. The van der Waals surface area contributed by atoms with E-state index in [1.807, 2.05) is 36.4 Å². The first-order valence-electron chi connectivity index (χ1n) is 5.87. The fourth-order valence-corrected chi connectivity index (χ4v) is 2.13. The minimum atomic E-state index is 0.225.